The fourth-order valence-corrected chi connectivity index (χ4v) is 3.71. The van der Waals surface area contributed by atoms with Crippen LogP contribution < -0.4 is 19.5 Å². The molecule has 0 amide bonds. The van der Waals surface area contributed by atoms with Gasteiger partial charge in [-0.25, -0.2) is 0 Å². The minimum atomic E-state index is 0. The number of aliphatic imine (C=N–C) groups is 1. The highest BCUT2D eigenvalue weighted by molar-refractivity contribution is 14.0. The summed E-state index contributed by atoms with van der Waals surface area (Å²) in [5, 5.41) is 3.42. The second-order valence-electron chi connectivity index (χ2n) is 7.40. The highest BCUT2D eigenvalue weighted by Crippen LogP contribution is 2.34. The van der Waals surface area contributed by atoms with Crippen LogP contribution >= 0.6 is 24.0 Å². The second kappa shape index (κ2) is 16.2. The molecule has 0 atom stereocenters. The van der Waals surface area contributed by atoms with Crippen LogP contribution in [0.3, 0.4) is 0 Å². The maximum Gasteiger partial charge on any atom is 0.193 e. The van der Waals surface area contributed by atoms with Crippen molar-refractivity contribution in [1.29, 1.82) is 0 Å². The number of halogens is 1. The first kappa shape index (κ1) is 28.6. The molecule has 9 heteroatoms. The van der Waals surface area contributed by atoms with Gasteiger partial charge in [-0.2, -0.15) is 0 Å². The van der Waals surface area contributed by atoms with Crippen molar-refractivity contribution in [3.05, 3.63) is 17.7 Å². The number of piperidine rings is 1. The van der Waals surface area contributed by atoms with E-state index in [1.807, 2.05) is 12.1 Å². The Morgan fingerprint density at radius 2 is 1.69 bits per heavy atom. The molecule has 0 saturated carbocycles. The number of benzene rings is 1. The molecule has 0 aromatic heterocycles. The van der Waals surface area contributed by atoms with Crippen LogP contribution in [0.15, 0.2) is 17.1 Å². The van der Waals surface area contributed by atoms with Crippen LogP contribution in [0.2, 0.25) is 0 Å². The van der Waals surface area contributed by atoms with Gasteiger partial charge in [-0.3, -0.25) is 4.99 Å². The van der Waals surface area contributed by atoms with E-state index in [-0.39, 0.29) is 24.0 Å². The first-order chi connectivity index (χ1) is 15.2. The van der Waals surface area contributed by atoms with Crippen molar-refractivity contribution in [1.82, 2.24) is 10.2 Å². The predicted octanol–water partition coefficient (Wildman–Crippen LogP) is 3.36. The molecule has 1 aromatic rings. The van der Waals surface area contributed by atoms with Crippen molar-refractivity contribution in [2.45, 2.75) is 38.7 Å². The van der Waals surface area contributed by atoms with Crippen LogP contribution in [0.5, 0.6) is 17.2 Å². The van der Waals surface area contributed by atoms with E-state index in [1.54, 1.807) is 28.4 Å². The highest BCUT2D eigenvalue weighted by Gasteiger charge is 2.22. The molecule has 184 valence electrons. The smallest absolute Gasteiger partial charge is 0.193 e. The van der Waals surface area contributed by atoms with Crippen molar-refractivity contribution < 1.29 is 23.7 Å². The lowest BCUT2D eigenvalue weighted by atomic mass is 10.1. The largest absolute Gasteiger partial charge is 0.496 e. The Bertz CT molecular complexity index is 657. The molecule has 0 radical (unpaired) electrons. The Kier molecular flexibility index (Phi) is 14.5. The molecule has 1 heterocycles. The van der Waals surface area contributed by atoms with Crippen molar-refractivity contribution in [3.63, 3.8) is 0 Å². The summed E-state index contributed by atoms with van der Waals surface area (Å²) in [6.45, 7) is 6.96. The summed E-state index contributed by atoms with van der Waals surface area (Å²) in [4.78, 5) is 7.19. The molecule has 32 heavy (non-hydrogen) atoms. The number of nitrogens with zero attached hydrogens (tertiary/aromatic N) is 2. The zero-order chi connectivity index (χ0) is 22.5. The van der Waals surface area contributed by atoms with Crippen LogP contribution in [0.1, 0.15) is 31.7 Å². The van der Waals surface area contributed by atoms with Gasteiger partial charge >= 0.3 is 0 Å². The minimum absolute atomic E-state index is 0. The lowest BCUT2D eigenvalue weighted by Crippen LogP contribution is -2.47. The topological polar surface area (TPSA) is 73.8 Å². The number of likely N-dealkylation sites (tertiary alicyclic amines) is 1. The molecule has 2 rings (SSSR count). The SMILES string of the molecule is CCNC(=NCCc1c(OC)cc(OC)cc1OC)N1CCC(OCCCOC)CC1.I. The molecule has 1 aromatic carbocycles. The molecule has 0 spiro atoms. The van der Waals surface area contributed by atoms with Gasteiger partial charge in [0.05, 0.1) is 27.4 Å². The normalized spacial score (nSPS) is 14.7. The van der Waals surface area contributed by atoms with E-state index < -0.39 is 0 Å². The maximum absolute atomic E-state index is 5.98. The third-order valence-electron chi connectivity index (χ3n) is 5.36. The standard InChI is InChI=1S/C23H39N3O5.HI/c1-6-24-23(26-12-9-18(10-13-26)31-15-7-14-27-2)25-11-8-20-21(29-4)16-19(28-3)17-22(20)30-5;/h16-18H,6-15H2,1-5H3,(H,24,25);1H. The quantitative estimate of drug-likeness (QED) is 0.180. The molecular weight excluding hydrogens is 525 g/mol. The van der Waals surface area contributed by atoms with Gasteiger partial charge in [0, 0.05) is 64.2 Å². The Hall–Kier alpha value is -1.46. The number of guanidine groups is 1. The van der Waals surface area contributed by atoms with Crippen molar-refractivity contribution in [2.24, 2.45) is 4.99 Å². The summed E-state index contributed by atoms with van der Waals surface area (Å²) in [5.74, 6) is 3.17. The average molecular weight is 565 g/mol. The predicted molar refractivity (Wildman–Crippen MR) is 138 cm³/mol. The Balaban J connectivity index is 0.00000512. The van der Waals surface area contributed by atoms with E-state index in [2.05, 4.69) is 17.1 Å². The third kappa shape index (κ3) is 8.82. The summed E-state index contributed by atoms with van der Waals surface area (Å²) < 4.78 is 27.5. The van der Waals surface area contributed by atoms with Gasteiger partial charge in [-0.05, 0) is 32.6 Å². The van der Waals surface area contributed by atoms with Crippen molar-refractivity contribution in [3.8, 4) is 17.2 Å². The van der Waals surface area contributed by atoms with Gasteiger partial charge in [0.2, 0.25) is 0 Å². The van der Waals surface area contributed by atoms with E-state index in [4.69, 9.17) is 28.7 Å². The molecule has 0 aliphatic carbocycles. The lowest BCUT2D eigenvalue weighted by Gasteiger charge is -2.34. The van der Waals surface area contributed by atoms with Gasteiger partial charge in [0.15, 0.2) is 5.96 Å². The van der Waals surface area contributed by atoms with Crippen LogP contribution in [0.4, 0.5) is 0 Å². The summed E-state index contributed by atoms with van der Waals surface area (Å²) in [7, 11) is 6.68. The fourth-order valence-electron chi connectivity index (χ4n) is 3.71. The van der Waals surface area contributed by atoms with E-state index >= 15 is 0 Å². The Morgan fingerprint density at radius 1 is 1.03 bits per heavy atom. The number of rotatable bonds is 12. The summed E-state index contributed by atoms with van der Waals surface area (Å²) in [6, 6.07) is 3.76. The zero-order valence-corrected chi connectivity index (χ0v) is 22.5. The minimum Gasteiger partial charge on any atom is -0.496 e. The number of nitrogens with one attached hydrogen (secondary N) is 1. The molecule has 1 aliphatic heterocycles. The molecular formula is C23H40IN3O5. The molecule has 8 nitrogen and oxygen atoms in total. The van der Waals surface area contributed by atoms with Crippen LogP contribution in [-0.4, -0.2) is 84.8 Å². The van der Waals surface area contributed by atoms with Crippen LogP contribution in [0, 0.1) is 0 Å². The molecule has 1 N–H and O–H groups in total. The van der Waals surface area contributed by atoms with E-state index in [9.17, 15) is 0 Å². The maximum atomic E-state index is 5.98. The molecule has 1 saturated heterocycles. The summed E-state index contributed by atoms with van der Waals surface area (Å²) in [6.07, 6.45) is 4.00. The van der Waals surface area contributed by atoms with Gasteiger partial charge in [0.25, 0.3) is 0 Å². The molecule has 1 aliphatic rings. The van der Waals surface area contributed by atoms with E-state index in [1.165, 1.54) is 0 Å². The fraction of sp³-hybridized carbons (Fsp3) is 0.696. The number of ether oxygens (including phenoxy) is 5. The summed E-state index contributed by atoms with van der Waals surface area (Å²) in [5.41, 5.74) is 0.994. The van der Waals surface area contributed by atoms with Gasteiger partial charge < -0.3 is 33.9 Å². The van der Waals surface area contributed by atoms with E-state index in [0.717, 1.165) is 75.1 Å². The molecule has 0 bridgehead atoms. The number of methoxy groups -OCH3 is 4. The monoisotopic (exact) mass is 565 g/mol. The number of hydrogen-bond donors (Lipinski definition) is 1. The molecule has 1 fully saturated rings. The van der Waals surface area contributed by atoms with Crippen molar-refractivity contribution in [2.75, 3.05) is 67.8 Å². The average Bonchev–Trinajstić information content (AvgIpc) is 2.81. The Morgan fingerprint density at radius 3 is 2.22 bits per heavy atom. The van der Waals surface area contributed by atoms with Gasteiger partial charge in [0.1, 0.15) is 17.2 Å². The van der Waals surface area contributed by atoms with Gasteiger partial charge in [-0.1, -0.05) is 0 Å². The third-order valence-corrected chi connectivity index (χ3v) is 5.36. The number of hydrogen-bond acceptors (Lipinski definition) is 6. The van der Waals surface area contributed by atoms with E-state index in [0.29, 0.717) is 24.8 Å². The first-order valence-electron chi connectivity index (χ1n) is 11.1. The zero-order valence-electron chi connectivity index (χ0n) is 20.1. The first-order valence-corrected chi connectivity index (χ1v) is 11.1. The lowest BCUT2D eigenvalue weighted by molar-refractivity contribution is 0.00991. The van der Waals surface area contributed by atoms with Crippen LogP contribution in [-0.2, 0) is 15.9 Å². The molecule has 0 unspecified atom stereocenters. The highest BCUT2D eigenvalue weighted by atomic mass is 127. The Labute approximate surface area is 210 Å². The second-order valence-corrected chi connectivity index (χ2v) is 7.40. The van der Waals surface area contributed by atoms with Gasteiger partial charge in [-0.15, -0.1) is 24.0 Å². The van der Waals surface area contributed by atoms with Crippen LogP contribution in [0.25, 0.3) is 0 Å². The summed E-state index contributed by atoms with van der Waals surface area (Å²) >= 11 is 0. The van der Waals surface area contributed by atoms with Crippen molar-refractivity contribution >= 4 is 29.9 Å².